The molecule has 0 aromatic heterocycles. The van der Waals surface area contributed by atoms with Crippen molar-refractivity contribution < 1.29 is 9.50 Å². The van der Waals surface area contributed by atoms with Crippen molar-refractivity contribution in [2.45, 2.75) is 19.3 Å². The molecule has 0 radical (unpaired) electrons. The van der Waals surface area contributed by atoms with Crippen LogP contribution >= 0.6 is 0 Å². The molecule has 82 valence electrons. The summed E-state index contributed by atoms with van der Waals surface area (Å²) in [7, 11) is 0. The number of fused-ring (bicyclic) bond motifs is 1. The van der Waals surface area contributed by atoms with Crippen LogP contribution in [-0.2, 0) is 0 Å². The molecule has 0 fully saturated rings. The maximum atomic E-state index is 13.7. The lowest BCUT2D eigenvalue weighted by Crippen LogP contribution is -2.21. The van der Waals surface area contributed by atoms with Gasteiger partial charge in [0.15, 0.2) is 0 Å². The zero-order valence-corrected chi connectivity index (χ0v) is 8.91. The van der Waals surface area contributed by atoms with Crippen molar-refractivity contribution in [2.24, 2.45) is 0 Å². The molecule has 0 bridgehead atoms. The normalized spacial score (nSPS) is 19.4. The number of hydrogen-bond acceptors (Lipinski definition) is 2. The van der Waals surface area contributed by atoms with E-state index in [9.17, 15) is 4.39 Å². The lowest BCUT2D eigenvalue weighted by molar-refractivity contribution is 0.277. The summed E-state index contributed by atoms with van der Waals surface area (Å²) in [5.41, 5.74) is 1.78. The summed E-state index contributed by atoms with van der Waals surface area (Å²) in [5, 5.41) is 8.96. The van der Waals surface area contributed by atoms with Crippen LogP contribution in [0.1, 0.15) is 24.8 Å². The Morgan fingerprint density at radius 3 is 3.00 bits per heavy atom. The van der Waals surface area contributed by atoms with Crippen molar-refractivity contribution in [2.75, 3.05) is 24.6 Å². The van der Waals surface area contributed by atoms with E-state index in [2.05, 4.69) is 11.8 Å². The molecule has 1 unspecified atom stereocenters. The number of aliphatic hydroxyl groups excluding tert-OH is 1. The average Bonchev–Trinajstić information content (AvgIpc) is 2.59. The van der Waals surface area contributed by atoms with E-state index in [0.717, 1.165) is 24.3 Å². The number of likely N-dealkylation sites (N-methyl/N-ethyl adjacent to an activating group) is 1. The van der Waals surface area contributed by atoms with Crippen LogP contribution in [0.3, 0.4) is 0 Å². The van der Waals surface area contributed by atoms with Gasteiger partial charge in [-0.1, -0.05) is 6.07 Å². The first-order valence-corrected chi connectivity index (χ1v) is 5.42. The maximum Gasteiger partial charge on any atom is 0.128 e. The molecule has 1 heterocycles. The van der Waals surface area contributed by atoms with Crippen LogP contribution in [0, 0.1) is 5.82 Å². The molecular formula is C12H16FNO. The van der Waals surface area contributed by atoms with E-state index in [1.54, 1.807) is 6.07 Å². The highest BCUT2D eigenvalue weighted by Gasteiger charge is 2.29. The average molecular weight is 209 g/mol. The van der Waals surface area contributed by atoms with E-state index in [4.69, 9.17) is 5.11 Å². The first-order chi connectivity index (χ1) is 7.27. The SMILES string of the molecule is CCN1CC(CCO)c2c(F)cccc21. The second-order valence-electron chi connectivity index (χ2n) is 3.92. The number of rotatable bonds is 3. The van der Waals surface area contributed by atoms with E-state index in [-0.39, 0.29) is 18.3 Å². The fourth-order valence-electron chi connectivity index (χ4n) is 2.35. The van der Waals surface area contributed by atoms with Crippen molar-refractivity contribution >= 4 is 5.69 Å². The third kappa shape index (κ3) is 1.72. The van der Waals surface area contributed by atoms with Gasteiger partial charge in [-0.3, -0.25) is 0 Å². The molecule has 3 heteroatoms. The third-order valence-corrected chi connectivity index (χ3v) is 3.08. The van der Waals surface area contributed by atoms with Gasteiger partial charge < -0.3 is 10.0 Å². The zero-order chi connectivity index (χ0) is 10.8. The molecule has 1 N–H and O–H groups in total. The molecule has 1 aromatic carbocycles. The van der Waals surface area contributed by atoms with Crippen molar-refractivity contribution in [1.82, 2.24) is 0 Å². The van der Waals surface area contributed by atoms with Crippen LogP contribution in [0.15, 0.2) is 18.2 Å². The number of hydrogen-bond donors (Lipinski definition) is 1. The lowest BCUT2D eigenvalue weighted by Gasteiger charge is -2.16. The minimum absolute atomic E-state index is 0.121. The number of anilines is 1. The predicted molar refractivity (Wildman–Crippen MR) is 58.7 cm³/mol. The summed E-state index contributed by atoms with van der Waals surface area (Å²) in [6.45, 7) is 3.90. The second-order valence-corrected chi connectivity index (χ2v) is 3.92. The van der Waals surface area contributed by atoms with E-state index >= 15 is 0 Å². The van der Waals surface area contributed by atoms with Gasteiger partial charge in [-0.2, -0.15) is 0 Å². The van der Waals surface area contributed by atoms with Crippen LogP contribution in [0.5, 0.6) is 0 Å². The van der Waals surface area contributed by atoms with Crippen LogP contribution in [0.2, 0.25) is 0 Å². The Morgan fingerprint density at radius 2 is 2.33 bits per heavy atom. The zero-order valence-electron chi connectivity index (χ0n) is 8.91. The van der Waals surface area contributed by atoms with Gasteiger partial charge in [0.05, 0.1) is 0 Å². The molecule has 2 nitrogen and oxygen atoms in total. The summed E-state index contributed by atoms with van der Waals surface area (Å²) in [5.74, 6) is 0.00745. The molecule has 1 aliphatic rings. The molecule has 1 aliphatic heterocycles. The summed E-state index contributed by atoms with van der Waals surface area (Å²) in [6.07, 6.45) is 0.643. The fourth-order valence-corrected chi connectivity index (χ4v) is 2.35. The molecule has 0 saturated carbocycles. The fraction of sp³-hybridized carbons (Fsp3) is 0.500. The van der Waals surface area contributed by atoms with Crippen LogP contribution in [0.25, 0.3) is 0 Å². The smallest absolute Gasteiger partial charge is 0.128 e. The van der Waals surface area contributed by atoms with Gasteiger partial charge in [0.1, 0.15) is 5.82 Å². The minimum atomic E-state index is -0.137. The van der Waals surface area contributed by atoms with Crippen LogP contribution < -0.4 is 4.90 Å². The molecule has 0 spiro atoms. The monoisotopic (exact) mass is 209 g/mol. The highest BCUT2D eigenvalue weighted by molar-refractivity contribution is 5.60. The quantitative estimate of drug-likeness (QED) is 0.824. The molecule has 0 saturated heterocycles. The second kappa shape index (κ2) is 4.19. The Balaban J connectivity index is 2.39. The van der Waals surface area contributed by atoms with Crippen LogP contribution in [-0.4, -0.2) is 24.8 Å². The minimum Gasteiger partial charge on any atom is -0.396 e. The molecule has 15 heavy (non-hydrogen) atoms. The van der Waals surface area contributed by atoms with Crippen molar-refractivity contribution in [1.29, 1.82) is 0 Å². The van der Waals surface area contributed by atoms with Crippen molar-refractivity contribution in [3.05, 3.63) is 29.6 Å². The predicted octanol–water partition coefficient (Wildman–Crippen LogP) is 2.13. The van der Waals surface area contributed by atoms with E-state index in [1.165, 1.54) is 6.07 Å². The number of nitrogens with zero attached hydrogens (tertiary/aromatic N) is 1. The van der Waals surface area contributed by atoms with Gasteiger partial charge in [-0.25, -0.2) is 4.39 Å². The van der Waals surface area contributed by atoms with Gasteiger partial charge in [-0.15, -0.1) is 0 Å². The first-order valence-electron chi connectivity index (χ1n) is 5.42. The molecule has 1 atom stereocenters. The topological polar surface area (TPSA) is 23.5 Å². The first kappa shape index (κ1) is 10.4. The van der Waals surface area contributed by atoms with E-state index < -0.39 is 0 Å². The third-order valence-electron chi connectivity index (χ3n) is 3.08. The molecular weight excluding hydrogens is 193 g/mol. The number of benzene rings is 1. The standard InChI is InChI=1S/C12H16FNO/c1-2-14-8-9(6-7-15)12-10(13)4-3-5-11(12)14/h3-5,9,15H,2,6-8H2,1H3. The molecule has 2 rings (SSSR count). The maximum absolute atomic E-state index is 13.7. The van der Waals surface area contributed by atoms with Gasteiger partial charge in [-0.05, 0) is 25.5 Å². The Bertz CT molecular complexity index is 353. The largest absolute Gasteiger partial charge is 0.396 e. The lowest BCUT2D eigenvalue weighted by atomic mass is 9.98. The Morgan fingerprint density at radius 1 is 1.53 bits per heavy atom. The van der Waals surface area contributed by atoms with Gasteiger partial charge >= 0.3 is 0 Å². The van der Waals surface area contributed by atoms with Crippen LogP contribution in [0.4, 0.5) is 10.1 Å². The molecule has 1 aromatic rings. The number of aliphatic hydroxyl groups is 1. The summed E-state index contributed by atoms with van der Waals surface area (Å²) < 4.78 is 13.7. The Hall–Kier alpha value is -1.09. The highest BCUT2D eigenvalue weighted by Crippen LogP contribution is 2.39. The van der Waals surface area contributed by atoms with Crippen molar-refractivity contribution in [3.63, 3.8) is 0 Å². The Kier molecular flexibility index (Phi) is 2.91. The van der Waals surface area contributed by atoms with Crippen molar-refractivity contribution in [3.8, 4) is 0 Å². The summed E-state index contributed by atoms with van der Waals surface area (Å²) >= 11 is 0. The van der Waals surface area contributed by atoms with E-state index in [1.807, 2.05) is 6.07 Å². The molecule has 0 amide bonds. The van der Waals surface area contributed by atoms with Gasteiger partial charge in [0.25, 0.3) is 0 Å². The highest BCUT2D eigenvalue weighted by atomic mass is 19.1. The summed E-state index contributed by atoms with van der Waals surface area (Å²) in [4.78, 5) is 2.17. The van der Waals surface area contributed by atoms with Gasteiger partial charge in [0.2, 0.25) is 0 Å². The Labute approximate surface area is 89.3 Å². The number of halogens is 1. The molecule has 0 aliphatic carbocycles. The summed E-state index contributed by atoms with van der Waals surface area (Å²) in [6, 6.07) is 5.21. The van der Waals surface area contributed by atoms with E-state index in [0.29, 0.717) is 6.42 Å². The van der Waals surface area contributed by atoms with Gasteiger partial charge in [0, 0.05) is 36.9 Å².